The Hall–Kier alpha value is -2.06. The lowest BCUT2D eigenvalue weighted by atomic mass is 9.86. The lowest BCUT2D eigenvalue weighted by molar-refractivity contribution is 0.753. The first-order valence-electron chi connectivity index (χ1n) is 8.56. The molecule has 0 bridgehead atoms. The lowest BCUT2D eigenvalue weighted by Crippen LogP contribution is -2.12. The molecule has 3 aliphatic carbocycles. The van der Waals surface area contributed by atoms with Crippen LogP contribution in [0.5, 0.6) is 0 Å². The molecular formula is C22H18BrN. The molecule has 0 spiro atoms. The molecule has 2 heteroatoms. The number of halogens is 1. The second kappa shape index (κ2) is 5.49. The van der Waals surface area contributed by atoms with Crippen LogP contribution in [0.1, 0.15) is 24.1 Å². The van der Waals surface area contributed by atoms with E-state index in [2.05, 4.69) is 87.3 Å². The minimum absolute atomic E-state index is 0.512. The molecule has 1 unspecified atom stereocenters. The molecule has 0 saturated carbocycles. The molecule has 1 heterocycles. The Kier molecular flexibility index (Phi) is 3.27. The van der Waals surface area contributed by atoms with Crippen LogP contribution in [-0.4, -0.2) is 4.57 Å². The van der Waals surface area contributed by atoms with Crippen LogP contribution in [0.25, 0.3) is 22.7 Å². The zero-order valence-corrected chi connectivity index (χ0v) is 15.0. The van der Waals surface area contributed by atoms with Crippen LogP contribution >= 0.6 is 15.9 Å². The standard InChI is InChI=1S/C22H18BrN/c23-17-10-12-22-20(14-17)19-7-3-4-8-21(19)24(22)18-11-9-15-5-1-2-6-16(15)13-18/h1-3,5-7,9-12,14,16H,4,8,13H2. The summed E-state index contributed by atoms with van der Waals surface area (Å²) in [5.41, 5.74) is 7.02. The highest BCUT2D eigenvalue weighted by molar-refractivity contribution is 9.10. The molecular weight excluding hydrogens is 358 g/mol. The molecule has 3 aliphatic rings. The maximum atomic E-state index is 3.64. The Morgan fingerprint density at radius 1 is 1.08 bits per heavy atom. The molecule has 1 nitrogen and oxygen atoms in total. The van der Waals surface area contributed by atoms with E-state index in [0.717, 1.165) is 23.7 Å². The number of aromatic nitrogens is 1. The Morgan fingerprint density at radius 2 is 2.04 bits per heavy atom. The van der Waals surface area contributed by atoms with Crippen molar-refractivity contribution in [3.8, 4) is 0 Å². The van der Waals surface area contributed by atoms with E-state index in [4.69, 9.17) is 0 Å². The van der Waals surface area contributed by atoms with Crippen molar-refractivity contribution in [2.24, 2.45) is 5.92 Å². The predicted octanol–water partition coefficient (Wildman–Crippen LogP) is 6.28. The fraction of sp³-hybridized carbons (Fsp3) is 0.182. The maximum absolute atomic E-state index is 3.64. The number of allylic oxidation sites excluding steroid dienone is 9. The van der Waals surface area contributed by atoms with Gasteiger partial charge in [0.05, 0.1) is 5.52 Å². The van der Waals surface area contributed by atoms with Gasteiger partial charge in [-0.25, -0.2) is 0 Å². The molecule has 0 radical (unpaired) electrons. The lowest BCUT2D eigenvalue weighted by Gasteiger charge is -2.25. The van der Waals surface area contributed by atoms with E-state index in [9.17, 15) is 0 Å². The van der Waals surface area contributed by atoms with Gasteiger partial charge in [0.2, 0.25) is 0 Å². The smallest absolute Gasteiger partial charge is 0.0535 e. The van der Waals surface area contributed by atoms with E-state index >= 15 is 0 Å². The summed E-state index contributed by atoms with van der Waals surface area (Å²) in [5.74, 6) is 0.512. The van der Waals surface area contributed by atoms with E-state index in [1.54, 1.807) is 0 Å². The highest BCUT2D eigenvalue weighted by Gasteiger charge is 2.23. The molecule has 1 aromatic heterocycles. The number of fused-ring (bicyclic) bond motifs is 4. The second-order valence-electron chi connectivity index (χ2n) is 6.68. The van der Waals surface area contributed by atoms with Crippen LogP contribution in [0.15, 0.2) is 70.8 Å². The molecule has 0 N–H and O–H groups in total. The average Bonchev–Trinajstić information content (AvgIpc) is 2.95. The third-order valence-corrected chi connectivity index (χ3v) is 5.75. The highest BCUT2D eigenvalue weighted by Crippen LogP contribution is 2.39. The fourth-order valence-corrected chi connectivity index (χ4v) is 4.50. The summed E-state index contributed by atoms with van der Waals surface area (Å²) in [6.07, 6.45) is 21.4. The van der Waals surface area contributed by atoms with Crippen molar-refractivity contribution >= 4 is 38.6 Å². The third-order valence-electron chi connectivity index (χ3n) is 5.26. The molecule has 0 fully saturated rings. The Morgan fingerprint density at radius 3 is 3.00 bits per heavy atom. The zero-order chi connectivity index (χ0) is 16.1. The van der Waals surface area contributed by atoms with E-state index in [0.29, 0.717) is 5.92 Å². The van der Waals surface area contributed by atoms with Gasteiger partial charge in [-0.3, -0.25) is 0 Å². The fourth-order valence-electron chi connectivity index (χ4n) is 4.14. The summed E-state index contributed by atoms with van der Waals surface area (Å²) in [6.45, 7) is 0. The Labute approximate surface area is 150 Å². The van der Waals surface area contributed by atoms with Gasteiger partial charge in [-0.1, -0.05) is 58.5 Å². The van der Waals surface area contributed by atoms with Gasteiger partial charge in [0.1, 0.15) is 0 Å². The number of hydrogen-bond acceptors (Lipinski definition) is 0. The minimum atomic E-state index is 0.512. The molecule has 1 atom stereocenters. The van der Waals surface area contributed by atoms with Gasteiger partial charge < -0.3 is 4.57 Å². The molecule has 0 aliphatic heterocycles. The van der Waals surface area contributed by atoms with Gasteiger partial charge in [0, 0.05) is 32.7 Å². The summed E-state index contributed by atoms with van der Waals surface area (Å²) in [7, 11) is 0. The van der Waals surface area contributed by atoms with E-state index in [1.807, 2.05) is 0 Å². The zero-order valence-electron chi connectivity index (χ0n) is 13.4. The van der Waals surface area contributed by atoms with Crippen LogP contribution in [0, 0.1) is 5.92 Å². The molecule has 24 heavy (non-hydrogen) atoms. The summed E-state index contributed by atoms with van der Waals surface area (Å²) < 4.78 is 3.66. The van der Waals surface area contributed by atoms with Gasteiger partial charge in [0.25, 0.3) is 0 Å². The van der Waals surface area contributed by atoms with Crippen LogP contribution in [-0.2, 0) is 6.42 Å². The number of hydrogen-bond donors (Lipinski definition) is 0. The maximum Gasteiger partial charge on any atom is 0.0535 e. The van der Waals surface area contributed by atoms with Crippen molar-refractivity contribution in [1.82, 2.24) is 4.57 Å². The average molecular weight is 376 g/mol. The number of rotatable bonds is 1. The molecule has 0 saturated heterocycles. The summed E-state index contributed by atoms with van der Waals surface area (Å²) in [6, 6.07) is 6.67. The van der Waals surface area contributed by atoms with Crippen molar-refractivity contribution in [2.45, 2.75) is 19.3 Å². The largest absolute Gasteiger partial charge is 0.317 e. The van der Waals surface area contributed by atoms with Crippen LogP contribution in [0.3, 0.4) is 0 Å². The minimum Gasteiger partial charge on any atom is -0.317 e. The number of nitrogens with zero attached hydrogens (tertiary/aromatic N) is 1. The van der Waals surface area contributed by atoms with Crippen LogP contribution < -0.4 is 0 Å². The first kappa shape index (κ1) is 14.3. The monoisotopic (exact) mass is 375 g/mol. The summed E-state index contributed by atoms with van der Waals surface area (Å²) >= 11 is 3.64. The summed E-state index contributed by atoms with van der Waals surface area (Å²) in [4.78, 5) is 0. The normalized spacial score (nSPS) is 21.5. The van der Waals surface area contributed by atoms with Gasteiger partial charge in [0.15, 0.2) is 0 Å². The van der Waals surface area contributed by atoms with Crippen molar-refractivity contribution in [3.05, 3.63) is 82.0 Å². The summed E-state index contributed by atoms with van der Waals surface area (Å²) in [5, 5.41) is 1.35. The second-order valence-corrected chi connectivity index (χ2v) is 7.59. The quantitative estimate of drug-likeness (QED) is 0.552. The van der Waals surface area contributed by atoms with E-state index in [1.165, 1.54) is 33.4 Å². The van der Waals surface area contributed by atoms with Gasteiger partial charge in [-0.05, 0) is 49.1 Å². The number of benzene rings is 1. The van der Waals surface area contributed by atoms with Crippen molar-refractivity contribution in [2.75, 3.05) is 0 Å². The predicted molar refractivity (Wildman–Crippen MR) is 106 cm³/mol. The molecule has 118 valence electrons. The Balaban J connectivity index is 1.74. The first-order valence-corrected chi connectivity index (χ1v) is 9.36. The van der Waals surface area contributed by atoms with Gasteiger partial charge >= 0.3 is 0 Å². The topological polar surface area (TPSA) is 4.93 Å². The highest BCUT2D eigenvalue weighted by atomic mass is 79.9. The molecule has 0 amide bonds. The SMILES string of the molecule is Brc1ccc2c(c1)c1c(n2C2=CC=C3C=CC=CC3C2)CCC=C1. The van der Waals surface area contributed by atoms with Crippen LogP contribution in [0.4, 0.5) is 0 Å². The molecule has 2 aromatic rings. The van der Waals surface area contributed by atoms with Crippen molar-refractivity contribution < 1.29 is 0 Å². The Bertz CT molecular complexity index is 995. The van der Waals surface area contributed by atoms with Gasteiger partial charge in [-0.2, -0.15) is 0 Å². The van der Waals surface area contributed by atoms with Crippen molar-refractivity contribution in [1.29, 1.82) is 0 Å². The molecule has 1 aromatic carbocycles. The van der Waals surface area contributed by atoms with E-state index < -0.39 is 0 Å². The van der Waals surface area contributed by atoms with Crippen molar-refractivity contribution in [3.63, 3.8) is 0 Å². The van der Waals surface area contributed by atoms with Gasteiger partial charge in [-0.15, -0.1) is 0 Å². The molecule has 5 rings (SSSR count). The third kappa shape index (κ3) is 2.13. The van der Waals surface area contributed by atoms with Crippen LogP contribution in [0.2, 0.25) is 0 Å². The first-order chi connectivity index (χ1) is 11.8. The van der Waals surface area contributed by atoms with E-state index in [-0.39, 0.29) is 0 Å².